The highest BCUT2D eigenvalue weighted by Gasteiger charge is 2.18. The fourth-order valence-electron chi connectivity index (χ4n) is 3.16. The van der Waals surface area contributed by atoms with Gasteiger partial charge in [0.1, 0.15) is 0 Å². The third kappa shape index (κ3) is 13.6. The summed E-state index contributed by atoms with van der Waals surface area (Å²) < 4.78 is 5.56. The molecule has 0 saturated carbocycles. The Hall–Kier alpha value is -0.530. The fourth-order valence-corrected chi connectivity index (χ4v) is 3.16. The van der Waals surface area contributed by atoms with Gasteiger partial charge in [0.2, 0.25) is 0 Å². The Bertz CT molecular complexity index is 263. The topological polar surface area (TPSA) is 26.3 Å². The van der Waals surface area contributed by atoms with Crippen molar-refractivity contribution in [3.63, 3.8) is 0 Å². The van der Waals surface area contributed by atoms with Gasteiger partial charge in [0.25, 0.3) is 0 Å². The average molecular weight is 327 g/mol. The van der Waals surface area contributed by atoms with Gasteiger partial charge in [-0.05, 0) is 24.7 Å². The predicted molar refractivity (Wildman–Crippen MR) is 101 cm³/mol. The largest absolute Gasteiger partial charge is 0.465 e. The van der Waals surface area contributed by atoms with Crippen LogP contribution in [0.2, 0.25) is 0 Å². The van der Waals surface area contributed by atoms with Gasteiger partial charge in [0.15, 0.2) is 0 Å². The first-order valence-corrected chi connectivity index (χ1v) is 10.3. The Morgan fingerprint density at radius 2 is 1.39 bits per heavy atom. The number of unbranched alkanes of at least 4 members (excludes halogenated alkanes) is 7. The third-order valence-corrected chi connectivity index (χ3v) is 4.92. The summed E-state index contributed by atoms with van der Waals surface area (Å²) in [5.74, 6) is 1.23. The molecule has 2 heteroatoms. The molecule has 2 nitrogen and oxygen atoms in total. The Morgan fingerprint density at radius 1 is 0.783 bits per heavy atom. The van der Waals surface area contributed by atoms with Gasteiger partial charge in [0.05, 0.1) is 6.61 Å². The maximum atomic E-state index is 11.9. The molecule has 138 valence electrons. The van der Waals surface area contributed by atoms with Gasteiger partial charge >= 0.3 is 5.97 Å². The van der Waals surface area contributed by atoms with E-state index in [-0.39, 0.29) is 5.97 Å². The Kier molecular flexibility index (Phi) is 16.0. The van der Waals surface area contributed by atoms with Crippen molar-refractivity contribution < 1.29 is 9.53 Å². The molecule has 0 N–H and O–H groups in total. The summed E-state index contributed by atoms with van der Waals surface area (Å²) in [6.07, 6.45) is 15.5. The van der Waals surface area contributed by atoms with Crippen molar-refractivity contribution in [2.75, 3.05) is 6.61 Å². The Balaban J connectivity index is 3.77. The minimum atomic E-state index is 0.0161. The molecule has 0 aliphatic rings. The van der Waals surface area contributed by atoms with Crippen LogP contribution in [0.15, 0.2) is 0 Å². The molecule has 23 heavy (non-hydrogen) atoms. The van der Waals surface area contributed by atoms with Gasteiger partial charge in [-0.2, -0.15) is 0 Å². The van der Waals surface area contributed by atoms with Crippen LogP contribution in [0.1, 0.15) is 111 Å². The molecule has 0 rings (SSSR count). The lowest BCUT2D eigenvalue weighted by molar-refractivity contribution is -0.145. The first-order chi connectivity index (χ1) is 11.2. The number of hydrogen-bond acceptors (Lipinski definition) is 2. The molecule has 0 amide bonds. The zero-order chi connectivity index (χ0) is 17.3. The summed E-state index contributed by atoms with van der Waals surface area (Å²) in [6.45, 7) is 9.66. The molecule has 0 aromatic heterocycles. The number of carbonyl (C=O) groups is 1. The lowest BCUT2D eigenvalue weighted by Crippen LogP contribution is -2.20. The molecule has 2 unspecified atom stereocenters. The molecule has 2 atom stereocenters. The van der Waals surface area contributed by atoms with Crippen LogP contribution in [0, 0.1) is 11.8 Å². The van der Waals surface area contributed by atoms with Crippen molar-refractivity contribution in [1.29, 1.82) is 0 Å². The Morgan fingerprint density at radius 3 is 2.00 bits per heavy atom. The van der Waals surface area contributed by atoms with Gasteiger partial charge in [0, 0.05) is 6.42 Å². The Labute approximate surface area is 145 Å². The maximum absolute atomic E-state index is 11.9. The maximum Gasteiger partial charge on any atom is 0.305 e. The predicted octanol–water partition coefficient (Wildman–Crippen LogP) is 6.91. The second kappa shape index (κ2) is 16.3. The molecule has 0 saturated heterocycles. The first-order valence-electron chi connectivity index (χ1n) is 10.3. The van der Waals surface area contributed by atoms with Crippen LogP contribution in [-0.2, 0) is 9.53 Å². The molecule has 0 bridgehead atoms. The standard InChI is InChI=1S/C21H42O2/c1-5-8-10-11-12-13-14-17-21(22)23-18-20(15-7-3)19(4)16-9-6-2/h19-20H,5-18H2,1-4H3. The average Bonchev–Trinajstić information content (AvgIpc) is 2.55. The molecule has 0 fully saturated rings. The van der Waals surface area contributed by atoms with E-state index in [9.17, 15) is 4.79 Å². The van der Waals surface area contributed by atoms with Crippen LogP contribution < -0.4 is 0 Å². The second-order valence-corrected chi connectivity index (χ2v) is 7.22. The van der Waals surface area contributed by atoms with Crippen molar-refractivity contribution in [3.8, 4) is 0 Å². The van der Waals surface area contributed by atoms with Crippen molar-refractivity contribution in [2.24, 2.45) is 11.8 Å². The van der Waals surface area contributed by atoms with Gasteiger partial charge < -0.3 is 4.74 Å². The molecular formula is C21H42O2. The van der Waals surface area contributed by atoms with E-state index in [1.54, 1.807) is 0 Å². The number of ether oxygens (including phenoxy) is 1. The lowest BCUT2D eigenvalue weighted by Gasteiger charge is -2.23. The second-order valence-electron chi connectivity index (χ2n) is 7.22. The molecule has 0 heterocycles. The monoisotopic (exact) mass is 326 g/mol. The van der Waals surface area contributed by atoms with Crippen LogP contribution in [0.5, 0.6) is 0 Å². The summed E-state index contributed by atoms with van der Waals surface area (Å²) in [7, 11) is 0. The minimum absolute atomic E-state index is 0.0161. The zero-order valence-electron chi connectivity index (χ0n) is 16.4. The zero-order valence-corrected chi connectivity index (χ0v) is 16.4. The number of esters is 1. The van der Waals surface area contributed by atoms with E-state index in [4.69, 9.17) is 4.74 Å². The van der Waals surface area contributed by atoms with Crippen LogP contribution in [0.25, 0.3) is 0 Å². The third-order valence-electron chi connectivity index (χ3n) is 4.92. The van der Waals surface area contributed by atoms with Crippen molar-refractivity contribution in [1.82, 2.24) is 0 Å². The smallest absolute Gasteiger partial charge is 0.305 e. The molecule has 0 spiro atoms. The van der Waals surface area contributed by atoms with E-state index in [1.165, 1.54) is 70.6 Å². The van der Waals surface area contributed by atoms with Crippen LogP contribution in [-0.4, -0.2) is 12.6 Å². The van der Waals surface area contributed by atoms with E-state index in [0.717, 1.165) is 6.42 Å². The van der Waals surface area contributed by atoms with E-state index in [1.807, 2.05) is 0 Å². The normalized spacial score (nSPS) is 13.7. The SMILES string of the molecule is CCCCCCCCCC(=O)OCC(CCC)C(C)CCCC. The van der Waals surface area contributed by atoms with E-state index in [2.05, 4.69) is 27.7 Å². The number of hydrogen-bond donors (Lipinski definition) is 0. The van der Waals surface area contributed by atoms with Gasteiger partial charge in [-0.1, -0.05) is 91.9 Å². The van der Waals surface area contributed by atoms with Gasteiger partial charge in [-0.15, -0.1) is 0 Å². The molecule has 0 aliphatic carbocycles. The van der Waals surface area contributed by atoms with E-state index >= 15 is 0 Å². The van der Waals surface area contributed by atoms with Crippen LogP contribution in [0.3, 0.4) is 0 Å². The highest BCUT2D eigenvalue weighted by molar-refractivity contribution is 5.69. The summed E-state index contributed by atoms with van der Waals surface area (Å²) >= 11 is 0. The van der Waals surface area contributed by atoms with Gasteiger partial charge in [-0.3, -0.25) is 4.79 Å². The summed E-state index contributed by atoms with van der Waals surface area (Å²) in [5, 5.41) is 0. The molecule has 0 aliphatic heterocycles. The van der Waals surface area contributed by atoms with E-state index in [0.29, 0.717) is 24.9 Å². The fraction of sp³-hybridized carbons (Fsp3) is 0.952. The minimum Gasteiger partial charge on any atom is -0.465 e. The highest BCUT2D eigenvalue weighted by atomic mass is 16.5. The molecule has 0 radical (unpaired) electrons. The van der Waals surface area contributed by atoms with Crippen molar-refractivity contribution >= 4 is 5.97 Å². The molecule has 0 aromatic rings. The van der Waals surface area contributed by atoms with Crippen molar-refractivity contribution in [3.05, 3.63) is 0 Å². The van der Waals surface area contributed by atoms with Crippen molar-refractivity contribution in [2.45, 2.75) is 111 Å². The van der Waals surface area contributed by atoms with E-state index < -0.39 is 0 Å². The van der Waals surface area contributed by atoms with Gasteiger partial charge in [-0.25, -0.2) is 0 Å². The summed E-state index contributed by atoms with van der Waals surface area (Å²) in [6, 6.07) is 0. The highest BCUT2D eigenvalue weighted by Crippen LogP contribution is 2.23. The number of carbonyl (C=O) groups excluding carboxylic acids is 1. The lowest BCUT2D eigenvalue weighted by atomic mass is 9.87. The van der Waals surface area contributed by atoms with Crippen LogP contribution in [0.4, 0.5) is 0 Å². The first kappa shape index (κ1) is 22.5. The molecule has 0 aromatic carbocycles. The quantitative estimate of drug-likeness (QED) is 0.227. The summed E-state index contributed by atoms with van der Waals surface area (Å²) in [5.41, 5.74) is 0. The molecular weight excluding hydrogens is 284 g/mol. The summed E-state index contributed by atoms with van der Waals surface area (Å²) in [4.78, 5) is 11.9. The van der Waals surface area contributed by atoms with Crippen LogP contribution >= 0.6 is 0 Å². The number of rotatable bonds is 16.